The fourth-order valence-corrected chi connectivity index (χ4v) is 4.43. The van der Waals surface area contributed by atoms with Crippen molar-refractivity contribution in [3.63, 3.8) is 0 Å². The Balaban J connectivity index is 1.72. The number of ether oxygens (including phenoxy) is 1. The summed E-state index contributed by atoms with van der Waals surface area (Å²) in [6.45, 7) is 5.05. The summed E-state index contributed by atoms with van der Waals surface area (Å²) in [5.41, 5.74) is 0.890. The van der Waals surface area contributed by atoms with Gasteiger partial charge >= 0.3 is 0 Å². The minimum absolute atomic E-state index is 0.144. The van der Waals surface area contributed by atoms with Crippen LogP contribution >= 0.6 is 0 Å². The number of hydrogen-bond acceptors (Lipinski definition) is 4. The van der Waals surface area contributed by atoms with Gasteiger partial charge < -0.3 is 10.1 Å². The highest BCUT2D eigenvalue weighted by Gasteiger charge is 2.27. The van der Waals surface area contributed by atoms with Crippen LogP contribution in [0, 0.1) is 0 Å². The van der Waals surface area contributed by atoms with Crippen LogP contribution in [0.25, 0.3) is 0 Å². The Kier molecular flexibility index (Phi) is 5.93. The first-order chi connectivity index (χ1) is 13.0. The third-order valence-electron chi connectivity index (χ3n) is 4.28. The molecule has 6 nitrogen and oxygen atoms in total. The lowest BCUT2D eigenvalue weighted by atomic mass is 10.2. The first-order valence-electron chi connectivity index (χ1n) is 8.76. The van der Waals surface area contributed by atoms with Crippen molar-refractivity contribution >= 4 is 21.6 Å². The van der Waals surface area contributed by atoms with Crippen molar-refractivity contribution in [3.8, 4) is 5.75 Å². The van der Waals surface area contributed by atoms with Gasteiger partial charge in [-0.1, -0.05) is 18.7 Å². The number of nitrogens with zero attached hydrogens (tertiary/aromatic N) is 1. The lowest BCUT2D eigenvalue weighted by Gasteiger charge is -2.16. The summed E-state index contributed by atoms with van der Waals surface area (Å²) in [5.74, 6) is 0.305. The van der Waals surface area contributed by atoms with Gasteiger partial charge in [-0.2, -0.15) is 4.31 Å². The number of carbonyl (C=O) groups excluding carboxylic acids is 1. The maximum atomic E-state index is 12.7. The standard InChI is InChI=1S/C20H22N2O4S/c1-2-14-26-18-10-8-17(9-11-18)21-20(23)16-6-5-7-19(15-16)27(24,25)22-12-3-4-13-22/h2,5-11,15H,1,3-4,12-14H2,(H,21,23). The number of rotatable bonds is 7. The van der Waals surface area contributed by atoms with Gasteiger partial charge in [0.1, 0.15) is 12.4 Å². The Bertz CT molecular complexity index is 917. The van der Waals surface area contributed by atoms with Crippen LogP contribution in [0.3, 0.4) is 0 Å². The molecule has 7 heteroatoms. The second-order valence-corrected chi connectivity index (χ2v) is 8.16. The van der Waals surface area contributed by atoms with E-state index in [0.717, 1.165) is 12.8 Å². The van der Waals surface area contributed by atoms with E-state index in [0.29, 0.717) is 36.7 Å². The SMILES string of the molecule is C=CCOc1ccc(NC(=O)c2cccc(S(=O)(=O)N3CCCC3)c2)cc1. The normalized spacial score (nSPS) is 14.7. The molecule has 0 unspecified atom stereocenters. The number of hydrogen-bond donors (Lipinski definition) is 1. The lowest BCUT2D eigenvalue weighted by molar-refractivity contribution is 0.102. The molecule has 1 heterocycles. The smallest absolute Gasteiger partial charge is 0.255 e. The van der Waals surface area contributed by atoms with E-state index in [1.54, 1.807) is 42.5 Å². The predicted molar refractivity (Wildman–Crippen MR) is 105 cm³/mol. The summed E-state index contributed by atoms with van der Waals surface area (Å²) in [4.78, 5) is 12.7. The van der Waals surface area contributed by atoms with Crippen LogP contribution in [-0.2, 0) is 10.0 Å². The molecule has 1 aliphatic heterocycles. The van der Waals surface area contributed by atoms with E-state index < -0.39 is 10.0 Å². The average molecular weight is 386 g/mol. The minimum Gasteiger partial charge on any atom is -0.490 e. The number of nitrogens with one attached hydrogen (secondary N) is 1. The highest BCUT2D eigenvalue weighted by atomic mass is 32.2. The Morgan fingerprint density at radius 2 is 1.85 bits per heavy atom. The largest absolute Gasteiger partial charge is 0.490 e. The second kappa shape index (κ2) is 8.37. The predicted octanol–water partition coefficient (Wildman–Crippen LogP) is 3.29. The average Bonchev–Trinajstić information content (AvgIpc) is 3.23. The van der Waals surface area contributed by atoms with Crippen molar-refractivity contribution in [2.75, 3.05) is 25.0 Å². The molecule has 0 aromatic heterocycles. The summed E-state index contributed by atoms with van der Waals surface area (Å²) < 4.78 is 32.2. The van der Waals surface area contributed by atoms with E-state index in [1.165, 1.54) is 16.4 Å². The van der Waals surface area contributed by atoms with Gasteiger partial charge in [-0.05, 0) is 55.3 Å². The Morgan fingerprint density at radius 3 is 2.52 bits per heavy atom. The van der Waals surface area contributed by atoms with Crippen LogP contribution in [0.1, 0.15) is 23.2 Å². The molecule has 142 valence electrons. The van der Waals surface area contributed by atoms with E-state index in [2.05, 4.69) is 11.9 Å². The highest BCUT2D eigenvalue weighted by Crippen LogP contribution is 2.22. The van der Waals surface area contributed by atoms with E-state index in [4.69, 9.17) is 4.74 Å². The molecule has 1 saturated heterocycles. The van der Waals surface area contributed by atoms with Gasteiger partial charge in [0, 0.05) is 24.3 Å². The van der Waals surface area contributed by atoms with E-state index in [9.17, 15) is 13.2 Å². The lowest BCUT2D eigenvalue weighted by Crippen LogP contribution is -2.28. The van der Waals surface area contributed by atoms with Crippen molar-refractivity contribution in [1.29, 1.82) is 0 Å². The van der Waals surface area contributed by atoms with Crippen LogP contribution in [0.2, 0.25) is 0 Å². The van der Waals surface area contributed by atoms with Gasteiger partial charge in [0.15, 0.2) is 0 Å². The molecule has 0 saturated carbocycles. The summed E-state index contributed by atoms with van der Waals surface area (Å²) in [6, 6.07) is 13.1. The fraction of sp³-hybridized carbons (Fsp3) is 0.250. The van der Waals surface area contributed by atoms with Crippen LogP contribution < -0.4 is 10.1 Å². The number of sulfonamides is 1. The van der Waals surface area contributed by atoms with Gasteiger partial charge in [-0.25, -0.2) is 8.42 Å². The third kappa shape index (κ3) is 4.56. The third-order valence-corrected chi connectivity index (χ3v) is 6.17. The Labute approximate surface area is 159 Å². The number of carbonyl (C=O) groups is 1. The van der Waals surface area contributed by atoms with Crippen LogP contribution in [0.5, 0.6) is 5.75 Å². The number of benzene rings is 2. The van der Waals surface area contributed by atoms with Gasteiger partial charge in [0.05, 0.1) is 4.90 Å². The zero-order valence-electron chi connectivity index (χ0n) is 14.9. The van der Waals surface area contributed by atoms with Gasteiger partial charge in [0.25, 0.3) is 5.91 Å². The molecule has 2 aromatic rings. The topological polar surface area (TPSA) is 75.7 Å². The molecule has 0 bridgehead atoms. The Morgan fingerprint density at radius 1 is 1.15 bits per heavy atom. The zero-order valence-corrected chi connectivity index (χ0v) is 15.7. The van der Waals surface area contributed by atoms with Crippen molar-refractivity contribution < 1.29 is 17.9 Å². The molecular weight excluding hydrogens is 364 g/mol. The minimum atomic E-state index is -3.55. The van der Waals surface area contributed by atoms with Crippen LogP contribution in [0.4, 0.5) is 5.69 Å². The highest BCUT2D eigenvalue weighted by molar-refractivity contribution is 7.89. The molecule has 2 aromatic carbocycles. The summed E-state index contributed by atoms with van der Waals surface area (Å²) in [7, 11) is -3.55. The molecule has 0 spiro atoms. The van der Waals surface area contributed by atoms with Gasteiger partial charge in [-0.3, -0.25) is 4.79 Å². The van der Waals surface area contributed by atoms with Crippen molar-refractivity contribution in [2.45, 2.75) is 17.7 Å². The van der Waals surface area contributed by atoms with E-state index >= 15 is 0 Å². The molecular formula is C20H22N2O4S. The van der Waals surface area contributed by atoms with Gasteiger partial charge in [0.2, 0.25) is 10.0 Å². The molecule has 1 amide bonds. The quantitative estimate of drug-likeness (QED) is 0.741. The second-order valence-electron chi connectivity index (χ2n) is 6.22. The maximum Gasteiger partial charge on any atom is 0.255 e. The molecule has 3 rings (SSSR count). The summed E-state index contributed by atoms with van der Waals surface area (Å²) >= 11 is 0. The van der Waals surface area contributed by atoms with Crippen molar-refractivity contribution in [2.24, 2.45) is 0 Å². The van der Waals surface area contributed by atoms with Crippen LogP contribution in [-0.4, -0.2) is 38.3 Å². The monoisotopic (exact) mass is 386 g/mol. The van der Waals surface area contributed by atoms with E-state index in [1.807, 2.05) is 0 Å². The van der Waals surface area contributed by atoms with Gasteiger partial charge in [-0.15, -0.1) is 0 Å². The molecule has 1 fully saturated rings. The molecule has 1 aliphatic rings. The molecule has 0 atom stereocenters. The molecule has 27 heavy (non-hydrogen) atoms. The van der Waals surface area contributed by atoms with E-state index in [-0.39, 0.29) is 10.8 Å². The summed E-state index contributed by atoms with van der Waals surface area (Å²) in [6.07, 6.45) is 3.39. The van der Waals surface area contributed by atoms with Crippen molar-refractivity contribution in [3.05, 3.63) is 66.7 Å². The Hall–Kier alpha value is -2.64. The first-order valence-corrected chi connectivity index (χ1v) is 10.2. The molecule has 1 N–H and O–H groups in total. The summed E-state index contributed by atoms with van der Waals surface area (Å²) in [5, 5.41) is 2.77. The maximum absolute atomic E-state index is 12.7. The molecule has 0 radical (unpaired) electrons. The fourth-order valence-electron chi connectivity index (χ4n) is 2.87. The van der Waals surface area contributed by atoms with Crippen molar-refractivity contribution in [1.82, 2.24) is 4.31 Å². The first kappa shape index (κ1) is 19.1. The molecule has 0 aliphatic carbocycles. The number of amides is 1. The zero-order chi connectivity index (χ0) is 19.3. The number of anilines is 1. The van der Waals surface area contributed by atoms with Crippen LogP contribution in [0.15, 0.2) is 66.1 Å².